The number of rotatable bonds is 5. The zero-order chi connectivity index (χ0) is 18.5. The highest BCUT2D eigenvalue weighted by atomic mass is 32.2. The summed E-state index contributed by atoms with van der Waals surface area (Å²) in [5.74, 6) is 1.17. The topological polar surface area (TPSA) is 49.4 Å². The van der Waals surface area contributed by atoms with Gasteiger partial charge in [0.25, 0.3) is 0 Å². The van der Waals surface area contributed by atoms with Crippen LogP contribution in [0.3, 0.4) is 0 Å². The molecule has 2 amide bonds. The maximum absolute atomic E-state index is 12.6. The number of para-hydroxylation sites is 1. The summed E-state index contributed by atoms with van der Waals surface area (Å²) >= 11 is 1.77. The summed E-state index contributed by atoms with van der Waals surface area (Å²) in [4.78, 5) is 27.8. The molecule has 0 saturated carbocycles. The van der Waals surface area contributed by atoms with Crippen molar-refractivity contribution in [2.75, 3.05) is 22.5 Å². The van der Waals surface area contributed by atoms with Crippen LogP contribution in [0.1, 0.15) is 38.2 Å². The number of carbonyl (C=O) groups is 2. The van der Waals surface area contributed by atoms with E-state index in [0.717, 1.165) is 22.0 Å². The second-order valence-corrected chi connectivity index (χ2v) is 7.83. The Morgan fingerprint density at radius 3 is 2.73 bits per heavy atom. The zero-order valence-corrected chi connectivity index (χ0v) is 16.0. The lowest BCUT2D eigenvalue weighted by Crippen LogP contribution is -2.35. The number of nitrogens with one attached hydrogen (secondary N) is 1. The van der Waals surface area contributed by atoms with Crippen molar-refractivity contribution < 1.29 is 9.59 Å². The predicted octanol–water partition coefficient (Wildman–Crippen LogP) is 4.67. The van der Waals surface area contributed by atoms with Crippen molar-refractivity contribution in [2.45, 2.75) is 37.5 Å². The van der Waals surface area contributed by atoms with E-state index in [1.807, 2.05) is 42.5 Å². The molecule has 5 heteroatoms. The van der Waals surface area contributed by atoms with Gasteiger partial charge in [0.1, 0.15) is 0 Å². The average molecular weight is 369 g/mol. The Hall–Kier alpha value is -2.27. The van der Waals surface area contributed by atoms with E-state index in [2.05, 4.69) is 25.2 Å². The van der Waals surface area contributed by atoms with Crippen molar-refractivity contribution in [3.63, 3.8) is 0 Å². The summed E-state index contributed by atoms with van der Waals surface area (Å²) in [5, 5.41) is 2.90. The van der Waals surface area contributed by atoms with Crippen LogP contribution in [0, 0.1) is 0 Å². The molecule has 1 aliphatic rings. The first-order valence-corrected chi connectivity index (χ1v) is 9.95. The molecule has 1 N–H and O–H groups in total. The molecule has 1 heterocycles. The molecule has 2 aromatic rings. The van der Waals surface area contributed by atoms with Crippen molar-refractivity contribution in [3.8, 4) is 0 Å². The Balaban J connectivity index is 1.57. The molecule has 26 heavy (non-hydrogen) atoms. The van der Waals surface area contributed by atoms with Crippen LogP contribution >= 0.6 is 11.8 Å². The molecular formula is C21H24N2O2S. The largest absolute Gasteiger partial charge is 0.326 e. The van der Waals surface area contributed by atoms with Crippen LogP contribution in [0.2, 0.25) is 0 Å². The van der Waals surface area contributed by atoms with E-state index in [9.17, 15) is 9.59 Å². The number of amides is 2. The SMILES string of the molecule is CC(C)c1cccc(NC(=O)CCC(=O)N2CCSc3ccccc32)c1. The minimum Gasteiger partial charge on any atom is -0.326 e. The van der Waals surface area contributed by atoms with Gasteiger partial charge in [-0.2, -0.15) is 0 Å². The molecular weight excluding hydrogens is 344 g/mol. The first-order chi connectivity index (χ1) is 12.5. The Kier molecular flexibility index (Phi) is 5.99. The molecule has 136 valence electrons. The predicted molar refractivity (Wildman–Crippen MR) is 108 cm³/mol. The van der Waals surface area contributed by atoms with Gasteiger partial charge < -0.3 is 10.2 Å². The maximum atomic E-state index is 12.6. The molecule has 0 aliphatic carbocycles. The number of carbonyl (C=O) groups excluding carboxylic acids is 2. The van der Waals surface area contributed by atoms with Gasteiger partial charge in [-0.3, -0.25) is 9.59 Å². The number of nitrogens with zero attached hydrogens (tertiary/aromatic N) is 1. The molecule has 2 aromatic carbocycles. The average Bonchev–Trinajstić information content (AvgIpc) is 2.66. The smallest absolute Gasteiger partial charge is 0.227 e. The van der Waals surface area contributed by atoms with Gasteiger partial charge in [-0.05, 0) is 35.7 Å². The summed E-state index contributed by atoms with van der Waals surface area (Å²) in [6.07, 6.45) is 0.408. The molecule has 3 rings (SSSR count). The third-order valence-corrected chi connectivity index (χ3v) is 5.48. The van der Waals surface area contributed by atoms with Gasteiger partial charge in [-0.15, -0.1) is 11.8 Å². The highest BCUT2D eigenvalue weighted by Crippen LogP contribution is 2.34. The molecule has 4 nitrogen and oxygen atoms in total. The second kappa shape index (κ2) is 8.41. The van der Waals surface area contributed by atoms with Crippen molar-refractivity contribution in [1.29, 1.82) is 0 Å². The van der Waals surface area contributed by atoms with Crippen LogP contribution in [-0.4, -0.2) is 24.1 Å². The van der Waals surface area contributed by atoms with Gasteiger partial charge in [-0.1, -0.05) is 38.1 Å². The van der Waals surface area contributed by atoms with Gasteiger partial charge in [0, 0.05) is 35.7 Å². The normalized spacial score (nSPS) is 13.4. The first-order valence-electron chi connectivity index (χ1n) is 8.96. The lowest BCUT2D eigenvalue weighted by Gasteiger charge is -2.29. The monoisotopic (exact) mass is 368 g/mol. The van der Waals surface area contributed by atoms with Gasteiger partial charge >= 0.3 is 0 Å². The number of anilines is 2. The molecule has 0 fully saturated rings. The molecule has 0 radical (unpaired) electrons. The zero-order valence-electron chi connectivity index (χ0n) is 15.2. The van der Waals surface area contributed by atoms with E-state index in [1.165, 1.54) is 5.56 Å². The standard InChI is InChI=1S/C21H24N2O2S/c1-15(2)16-6-5-7-17(14-16)22-20(24)10-11-21(25)23-12-13-26-19-9-4-3-8-18(19)23/h3-9,14-15H,10-13H2,1-2H3,(H,22,24). The van der Waals surface area contributed by atoms with Crippen LogP contribution in [0.25, 0.3) is 0 Å². The van der Waals surface area contributed by atoms with Gasteiger partial charge in [-0.25, -0.2) is 0 Å². The Bertz CT molecular complexity index is 804. The van der Waals surface area contributed by atoms with E-state index in [0.29, 0.717) is 12.5 Å². The summed E-state index contributed by atoms with van der Waals surface area (Å²) in [6.45, 7) is 4.93. The van der Waals surface area contributed by atoms with Crippen LogP contribution in [-0.2, 0) is 9.59 Å². The number of thioether (sulfide) groups is 1. The van der Waals surface area contributed by atoms with Crippen molar-refractivity contribution in [1.82, 2.24) is 0 Å². The lowest BCUT2D eigenvalue weighted by molar-refractivity contribution is -0.122. The third-order valence-electron chi connectivity index (χ3n) is 4.43. The first kappa shape index (κ1) is 18.5. The van der Waals surface area contributed by atoms with Gasteiger partial charge in [0.15, 0.2) is 0 Å². The Labute approximate surface area is 159 Å². The fourth-order valence-electron chi connectivity index (χ4n) is 2.98. The van der Waals surface area contributed by atoms with Crippen LogP contribution in [0.4, 0.5) is 11.4 Å². The maximum Gasteiger partial charge on any atom is 0.227 e. The van der Waals surface area contributed by atoms with Gasteiger partial charge in [0.2, 0.25) is 11.8 Å². The van der Waals surface area contributed by atoms with Crippen LogP contribution in [0.5, 0.6) is 0 Å². The number of hydrogen-bond acceptors (Lipinski definition) is 3. The van der Waals surface area contributed by atoms with E-state index in [1.54, 1.807) is 16.7 Å². The Morgan fingerprint density at radius 1 is 1.12 bits per heavy atom. The van der Waals surface area contributed by atoms with Crippen LogP contribution in [0.15, 0.2) is 53.4 Å². The fraction of sp³-hybridized carbons (Fsp3) is 0.333. The van der Waals surface area contributed by atoms with Crippen molar-refractivity contribution in [2.24, 2.45) is 0 Å². The van der Waals surface area contributed by atoms with E-state index in [-0.39, 0.29) is 24.7 Å². The summed E-state index contributed by atoms with van der Waals surface area (Å²) in [6, 6.07) is 15.8. The highest BCUT2D eigenvalue weighted by Gasteiger charge is 2.22. The number of hydrogen-bond donors (Lipinski definition) is 1. The van der Waals surface area contributed by atoms with Crippen molar-refractivity contribution in [3.05, 3.63) is 54.1 Å². The minimum atomic E-state index is -0.126. The lowest BCUT2D eigenvalue weighted by atomic mass is 10.0. The molecule has 0 aromatic heterocycles. The molecule has 1 aliphatic heterocycles. The summed E-state index contributed by atoms with van der Waals surface area (Å²) in [7, 11) is 0. The quantitative estimate of drug-likeness (QED) is 0.834. The van der Waals surface area contributed by atoms with E-state index >= 15 is 0 Å². The Morgan fingerprint density at radius 2 is 1.92 bits per heavy atom. The molecule has 0 bridgehead atoms. The van der Waals surface area contributed by atoms with Crippen molar-refractivity contribution >= 4 is 35.0 Å². The van der Waals surface area contributed by atoms with Gasteiger partial charge in [0.05, 0.1) is 5.69 Å². The van der Waals surface area contributed by atoms with E-state index in [4.69, 9.17) is 0 Å². The highest BCUT2D eigenvalue weighted by molar-refractivity contribution is 7.99. The second-order valence-electron chi connectivity index (χ2n) is 6.69. The summed E-state index contributed by atoms with van der Waals surface area (Å²) < 4.78 is 0. The minimum absolute atomic E-state index is 0.00355. The van der Waals surface area contributed by atoms with Crippen LogP contribution < -0.4 is 10.2 Å². The molecule has 0 unspecified atom stereocenters. The number of benzene rings is 2. The molecule has 0 atom stereocenters. The molecule has 0 spiro atoms. The third kappa shape index (κ3) is 4.47. The summed E-state index contributed by atoms with van der Waals surface area (Å²) in [5.41, 5.74) is 2.92. The van der Waals surface area contributed by atoms with E-state index < -0.39 is 0 Å². The number of fused-ring (bicyclic) bond motifs is 1. The fourth-order valence-corrected chi connectivity index (χ4v) is 3.98. The molecule has 0 saturated heterocycles.